The molecule has 0 saturated heterocycles. The number of benzene rings is 2. The molecule has 2 aromatic carbocycles. The van der Waals surface area contributed by atoms with Crippen molar-refractivity contribution in [2.24, 2.45) is 0 Å². The second-order valence-corrected chi connectivity index (χ2v) is 10.5. The van der Waals surface area contributed by atoms with Crippen molar-refractivity contribution in [3.05, 3.63) is 83.7 Å². The minimum atomic E-state index is -1.30. The molecule has 162 valence electrons. The number of rotatable bonds is 6. The molecule has 6 nitrogen and oxygen atoms in total. The van der Waals surface area contributed by atoms with E-state index in [9.17, 15) is 4.55 Å². The van der Waals surface area contributed by atoms with E-state index in [1.807, 2.05) is 75.4 Å². The fourth-order valence-corrected chi connectivity index (χ4v) is 4.26. The van der Waals surface area contributed by atoms with E-state index in [1.165, 1.54) is 0 Å². The van der Waals surface area contributed by atoms with Crippen LogP contribution in [0.2, 0.25) is 0 Å². The number of nitrogens with one attached hydrogen (secondary N) is 1. The Bertz CT molecular complexity index is 1260. The first-order valence-electron chi connectivity index (χ1n) is 10.3. The average molecular weight is 445 g/mol. The summed E-state index contributed by atoms with van der Waals surface area (Å²) >= 11 is -1.30. The minimum absolute atomic E-state index is 0.290. The molecular weight excluding hydrogens is 420 g/mol. The van der Waals surface area contributed by atoms with Gasteiger partial charge >= 0.3 is 0 Å². The number of nitriles is 1. The molecular formula is C25H24N4O2S. The van der Waals surface area contributed by atoms with Gasteiger partial charge in [0.05, 0.1) is 11.6 Å². The maximum Gasteiger partial charge on any atom is 0.167 e. The number of fused-ring (bicyclic) bond motifs is 1. The van der Waals surface area contributed by atoms with Gasteiger partial charge in [0.2, 0.25) is 0 Å². The third kappa shape index (κ3) is 4.68. The Kier molecular flexibility index (Phi) is 6.28. The molecule has 0 bridgehead atoms. The highest BCUT2D eigenvalue weighted by Crippen LogP contribution is 2.34. The smallest absolute Gasteiger partial charge is 0.167 e. The zero-order valence-electron chi connectivity index (χ0n) is 18.2. The molecule has 0 amide bonds. The van der Waals surface area contributed by atoms with Gasteiger partial charge in [0.1, 0.15) is 16.5 Å². The maximum absolute atomic E-state index is 13.1. The summed E-state index contributed by atoms with van der Waals surface area (Å²) in [4.78, 5) is 4.43. The van der Waals surface area contributed by atoms with Gasteiger partial charge in [-0.25, -0.2) is 0 Å². The van der Waals surface area contributed by atoms with Gasteiger partial charge in [-0.2, -0.15) is 5.26 Å². The Hall–Kier alpha value is -3.18. The summed E-state index contributed by atoms with van der Waals surface area (Å²) in [6.45, 7) is 5.80. The molecule has 0 unspecified atom stereocenters. The number of aromatic nitrogens is 2. The van der Waals surface area contributed by atoms with Crippen LogP contribution in [0.5, 0.6) is 0 Å². The van der Waals surface area contributed by atoms with E-state index in [0.717, 1.165) is 27.9 Å². The van der Waals surface area contributed by atoms with Crippen LogP contribution < -0.4 is 4.72 Å². The van der Waals surface area contributed by atoms with Crippen molar-refractivity contribution in [2.75, 3.05) is 0 Å². The van der Waals surface area contributed by atoms with Crippen molar-refractivity contribution >= 4 is 22.3 Å². The summed E-state index contributed by atoms with van der Waals surface area (Å²) < 4.78 is 21.5. The lowest BCUT2D eigenvalue weighted by atomic mass is 9.94. The quantitative estimate of drug-likeness (QED) is 0.416. The van der Waals surface area contributed by atoms with Crippen molar-refractivity contribution in [1.29, 1.82) is 5.26 Å². The molecule has 7 heteroatoms. The molecule has 2 heterocycles. The standard InChI is InChI=1S/C25H24N4O2S/c1-25(2,3)32(30)29-22(14-18-13-12-17(15-26)16-27-18)19-8-4-5-9-20(19)24-21-10-6-7-11-23(21)31-28-24/h4-13,16,22,29H,14H2,1-3H3/t22-,32-/m0/s1. The lowest BCUT2D eigenvalue weighted by molar-refractivity contribution is 0.459. The molecule has 1 N–H and O–H groups in total. The summed E-state index contributed by atoms with van der Waals surface area (Å²) in [7, 11) is 0. The van der Waals surface area contributed by atoms with E-state index in [-0.39, 0.29) is 6.04 Å². The monoisotopic (exact) mass is 444 g/mol. The molecule has 0 radical (unpaired) electrons. The molecule has 32 heavy (non-hydrogen) atoms. The van der Waals surface area contributed by atoms with Gasteiger partial charge in [0.15, 0.2) is 5.58 Å². The first kappa shape index (κ1) is 22.0. The molecule has 0 aliphatic heterocycles. The van der Waals surface area contributed by atoms with Crippen LogP contribution in [0.25, 0.3) is 22.2 Å². The average Bonchev–Trinajstić information content (AvgIpc) is 3.22. The number of pyridine rings is 1. The van der Waals surface area contributed by atoms with Crippen molar-refractivity contribution < 1.29 is 9.08 Å². The Morgan fingerprint density at radius 2 is 1.84 bits per heavy atom. The lowest BCUT2D eigenvalue weighted by Gasteiger charge is -2.29. The molecule has 0 spiro atoms. The van der Waals surface area contributed by atoms with Crippen LogP contribution in [0.3, 0.4) is 0 Å². The summed E-state index contributed by atoms with van der Waals surface area (Å²) in [5, 5.41) is 14.3. The van der Waals surface area contributed by atoms with Crippen molar-refractivity contribution in [2.45, 2.75) is 38.0 Å². The van der Waals surface area contributed by atoms with Crippen LogP contribution in [0.4, 0.5) is 0 Å². The largest absolute Gasteiger partial charge is 0.598 e. The number of hydrogen-bond donors (Lipinski definition) is 1. The summed E-state index contributed by atoms with van der Waals surface area (Å²) in [5.41, 5.74) is 4.63. The Morgan fingerprint density at radius 1 is 1.09 bits per heavy atom. The fourth-order valence-electron chi connectivity index (χ4n) is 3.44. The van der Waals surface area contributed by atoms with Gasteiger partial charge in [0, 0.05) is 40.6 Å². The maximum atomic E-state index is 13.1. The summed E-state index contributed by atoms with van der Waals surface area (Å²) in [6, 6.07) is 21.1. The van der Waals surface area contributed by atoms with Crippen LogP contribution in [0.1, 0.15) is 43.6 Å². The lowest BCUT2D eigenvalue weighted by Crippen LogP contribution is -2.42. The van der Waals surface area contributed by atoms with E-state index in [2.05, 4.69) is 20.9 Å². The van der Waals surface area contributed by atoms with Crippen LogP contribution in [-0.2, 0) is 17.8 Å². The highest BCUT2D eigenvalue weighted by atomic mass is 32.2. The first-order valence-corrected chi connectivity index (χ1v) is 11.5. The van der Waals surface area contributed by atoms with Crippen LogP contribution in [0, 0.1) is 11.3 Å². The zero-order chi connectivity index (χ0) is 22.7. The van der Waals surface area contributed by atoms with Gasteiger partial charge in [0.25, 0.3) is 0 Å². The van der Waals surface area contributed by atoms with Gasteiger partial charge in [-0.15, -0.1) is 4.72 Å². The van der Waals surface area contributed by atoms with Crippen molar-refractivity contribution in [3.8, 4) is 17.3 Å². The molecule has 0 saturated carbocycles. The third-order valence-corrected chi connectivity index (χ3v) is 6.75. The highest BCUT2D eigenvalue weighted by Gasteiger charge is 2.31. The van der Waals surface area contributed by atoms with Crippen LogP contribution in [0.15, 0.2) is 71.4 Å². The van der Waals surface area contributed by atoms with Gasteiger partial charge in [-0.3, -0.25) is 4.98 Å². The number of nitrogens with zero attached hydrogens (tertiary/aromatic N) is 3. The Labute approximate surface area is 190 Å². The summed E-state index contributed by atoms with van der Waals surface area (Å²) in [6.07, 6.45) is 2.06. The summed E-state index contributed by atoms with van der Waals surface area (Å²) in [5.74, 6) is 0. The fraction of sp³-hybridized carbons (Fsp3) is 0.240. The van der Waals surface area contributed by atoms with Crippen molar-refractivity contribution in [3.63, 3.8) is 0 Å². The van der Waals surface area contributed by atoms with E-state index < -0.39 is 16.1 Å². The molecule has 2 atom stereocenters. The van der Waals surface area contributed by atoms with E-state index in [0.29, 0.717) is 17.6 Å². The van der Waals surface area contributed by atoms with E-state index >= 15 is 0 Å². The molecule has 4 aromatic rings. The van der Waals surface area contributed by atoms with Gasteiger partial charge < -0.3 is 9.08 Å². The molecule has 4 rings (SSSR count). The van der Waals surface area contributed by atoms with E-state index in [4.69, 9.17) is 9.78 Å². The zero-order valence-corrected chi connectivity index (χ0v) is 19.0. The Balaban J connectivity index is 1.78. The topological polar surface area (TPSA) is 97.8 Å². The predicted molar refractivity (Wildman–Crippen MR) is 126 cm³/mol. The Morgan fingerprint density at radius 3 is 2.56 bits per heavy atom. The molecule has 0 fully saturated rings. The van der Waals surface area contributed by atoms with E-state index in [1.54, 1.807) is 12.3 Å². The predicted octanol–water partition coefficient (Wildman–Crippen LogP) is 5.10. The van der Waals surface area contributed by atoms with Crippen molar-refractivity contribution in [1.82, 2.24) is 14.9 Å². The second-order valence-electron chi connectivity index (χ2n) is 8.52. The second kappa shape index (κ2) is 9.13. The third-order valence-electron chi connectivity index (χ3n) is 5.14. The first-order chi connectivity index (χ1) is 15.4. The van der Waals surface area contributed by atoms with Gasteiger partial charge in [-0.05, 0) is 50.6 Å². The highest BCUT2D eigenvalue weighted by molar-refractivity contribution is 7.90. The SMILES string of the molecule is CC(C)(C)[S@+]([O-])N[C@@H](Cc1ccc(C#N)cn1)c1ccccc1-c1noc2ccccc12. The minimum Gasteiger partial charge on any atom is -0.598 e. The molecule has 0 aliphatic rings. The molecule has 2 aromatic heterocycles. The van der Waals surface area contributed by atoms with Crippen LogP contribution in [-0.4, -0.2) is 19.4 Å². The normalized spacial score (nSPS) is 13.6. The van der Waals surface area contributed by atoms with Gasteiger partial charge in [-0.1, -0.05) is 41.6 Å². The molecule has 0 aliphatic carbocycles. The van der Waals surface area contributed by atoms with Crippen LogP contribution >= 0.6 is 0 Å². The number of hydrogen-bond acceptors (Lipinski definition) is 6. The number of para-hydroxylation sites is 1.